The van der Waals surface area contributed by atoms with Crippen LogP contribution >= 0.6 is 0 Å². The molecular weight excluding hydrogens is 288 g/mol. The molecule has 1 aromatic carbocycles. The molecule has 5 aliphatic carbocycles. The van der Waals surface area contributed by atoms with Gasteiger partial charge in [0.1, 0.15) is 0 Å². The Morgan fingerprint density at radius 2 is 2.00 bits per heavy atom. The van der Waals surface area contributed by atoms with Crippen LogP contribution in [0.3, 0.4) is 0 Å². The first-order valence-corrected chi connectivity index (χ1v) is 8.88. The molecule has 5 aliphatic rings. The summed E-state index contributed by atoms with van der Waals surface area (Å²) in [7, 11) is 0. The first-order chi connectivity index (χ1) is 11.9. The summed E-state index contributed by atoms with van der Waals surface area (Å²) in [5.74, 6) is 0.528. The van der Waals surface area contributed by atoms with E-state index in [0.717, 1.165) is 12.8 Å². The van der Waals surface area contributed by atoms with Crippen LogP contribution in [-0.4, -0.2) is 0 Å². The largest absolute Gasteiger partial charge is 0.0836 e. The SMILES string of the molecule is C1=CCC2C(=C1)C=c1ccc3c4c1=C2C=CC41C=CC=CC1=CC3. The molecule has 0 saturated carbocycles. The van der Waals surface area contributed by atoms with Crippen LogP contribution in [0.15, 0.2) is 84.0 Å². The first kappa shape index (κ1) is 12.8. The molecule has 24 heavy (non-hydrogen) atoms. The van der Waals surface area contributed by atoms with Gasteiger partial charge in [0.05, 0.1) is 5.41 Å². The predicted molar refractivity (Wildman–Crippen MR) is 99.8 cm³/mol. The standard InChI is InChI=1S/C24H18/c1-2-7-20-17(5-1)15-18-9-8-16-10-11-19-6-3-4-13-24(19)14-12-21(20)22(18)23(16)24/h1-6,8-9,11-15,20H,7,10H2. The van der Waals surface area contributed by atoms with Gasteiger partial charge in [-0.05, 0) is 51.1 Å². The van der Waals surface area contributed by atoms with E-state index in [1.54, 1.807) is 5.56 Å². The van der Waals surface area contributed by atoms with E-state index >= 15 is 0 Å². The van der Waals surface area contributed by atoms with Gasteiger partial charge in [-0.2, -0.15) is 0 Å². The average Bonchev–Trinajstić information content (AvgIpc) is 2.65. The lowest BCUT2D eigenvalue weighted by atomic mass is 9.62. The fraction of sp³-hybridized carbons (Fsp3) is 0.167. The molecule has 0 aromatic heterocycles. The maximum Gasteiger partial charge on any atom is 0.0574 e. The fourth-order valence-corrected chi connectivity index (χ4v) is 5.13. The minimum absolute atomic E-state index is 0.0449. The van der Waals surface area contributed by atoms with Gasteiger partial charge in [0, 0.05) is 5.92 Å². The highest BCUT2D eigenvalue weighted by molar-refractivity contribution is 5.79. The van der Waals surface area contributed by atoms with E-state index < -0.39 is 0 Å². The number of fused-ring (bicyclic) bond motifs is 2. The lowest BCUT2D eigenvalue weighted by Crippen LogP contribution is -2.46. The minimum atomic E-state index is -0.0449. The molecule has 2 atom stereocenters. The Kier molecular flexibility index (Phi) is 2.27. The van der Waals surface area contributed by atoms with E-state index in [4.69, 9.17) is 0 Å². The van der Waals surface area contributed by atoms with E-state index in [1.165, 1.54) is 32.7 Å². The minimum Gasteiger partial charge on any atom is -0.0836 e. The Bertz CT molecular complexity index is 1100. The molecule has 1 aromatic rings. The normalized spacial score (nSPS) is 30.0. The van der Waals surface area contributed by atoms with Gasteiger partial charge < -0.3 is 0 Å². The third-order valence-electron chi connectivity index (χ3n) is 6.21. The van der Waals surface area contributed by atoms with Gasteiger partial charge in [-0.1, -0.05) is 79.0 Å². The Balaban J connectivity index is 1.79. The topological polar surface area (TPSA) is 0 Å². The molecule has 0 heteroatoms. The van der Waals surface area contributed by atoms with Gasteiger partial charge in [0.15, 0.2) is 0 Å². The van der Waals surface area contributed by atoms with Gasteiger partial charge >= 0.3 is 0 Å². The van der Waals surface area contributed by atoms with E-state index in [9.17, 15) is 0 Å². The Morgan fingerprint density at radius 3 is 3.00 bits per heavy atom. The van der Waals surface area contributed by atoms with Crippen molar-refractivity contribution in [3.63, 3.8) is 0 Å². The highest BCUT2D eigenvalue weighted by Crippen LogP contribution is 2.45. The molecule has 2 unspecified atom stereocenters. The van der Waals surface area contributed by atoms with Crippen LogP contribution in [0.2, 0.25) is 0 Å². The quantitative estimate of drug-likeness (QED) is 0.687. The predicted octanol–water partition coefficient (Wildman–Crippen LogP) is 3.55. The van der Waals surface area contributed by atoms with Crippen molar-refractivity contribution in [3.05, 3.63) is 106 Å². The van der Waals surface area contributed by atoms with Gasteiger partial charge in [0.25, 0.3) is 0 Å². The summed E-state index contributed by atoms with van der Waals surface area (Å²) in [4.78, 5) is 0. The van der Waals surface area contributed by atoms with Crippen molar-refractivity contribution < 1.29 is 0 Å². The van der Waals surface area contributed by atoms with E-state index in [2.05, 4.69) is 79.0 Å². The Hall–Kier alpha value is -2.60. The van der Waals surface area contributed by atoms with Crippen molar-refractivity contribution in [2.45, 2.75) is 18.3 Å². The van der Waals surface area contributed by atoms with Crippen LogP contribution in [0.4, 0.5) is 0 Å². The lowest BCUT2D eigenvalue weighted by molar-refractivity contribution is 0.732. The second-order valence-electron chi connectivity index (χ2n) is 7.33. The summed E-state index contributed by atoms with van der Waals surface area (Å²) in [6.45, 7) is 0. The number of allylic oxidation sites excluding steroid dienone is 12. The molecule has 0 fully saturated rings. The summed E-state index contributed by atoms with van der Waals surface area (Å²) < 4.78 is 0. The molecule has 0 saturated heterocycles. The van der Waals surface area contributed by atoms with Crippen LogP contribution in [0, 0.1) is 5.92 Å². The zero-order chi connectivity index (χ0) is 15.7. The molecule has 0 N–H and O–H groups in total. The molecule has 0 bridgehead atoms. The highest BCUT2D eigenvalue weighted by Gasteiger charge is 2.40. The monoisotopic (exact) mass is 306 g/mol. The molecule has 0 aliphatic heterocycles. The van der Waals surface area contributed by atoms with Gasteiger partial charge in [-0.3, -0.25) is 0 Å². The van der Waals surface area contributed by atoms with Crippen LogP contribution in [0.25, 0.3) is 11.6 Å². The smallest absolute Gasteiger partial charge is 0.0574 e. The zero-order valence-electron chi connectivity index (χ0n) is 13.5. The van der Waals surface area contributed by atoms with Gasteiger partial charge in [0.2, 0.25) is 0 Å². The number of rotatable bonds is 0. The van der Waals surface area contributed by atoms with Gasteiger partial charge in [-0.15, -0.1) is 0 Å². The zero-order valence-corrected chi connectivity index (χ0v) is 13.5. The van der Waals surface area contributed by atoms with Crippen molar-refractivity contribution >= 4 is 11.6 Å². The maximum absolute atomic E-state index is 2.45. The maximum atomic E-state index is 2.45. The summed E-state index contributed by atoms with van der Waals surface area (Å²) in [6, 6.07) is 4.68. The Labute approximate surface area is 141 Å². The van der Waals surface area contributed by atoms with Crippen molar-refractivity contribution in [3.8, 4) is 0 Å². The molecule has 114 valence electrons. The second kappa shape index (κ2) is 4.27. The summed E-state index contributed by atoms with van der Waals surface area (Å²) >= 11 is 0. The molecule has 0 nitrogen and oxygen atoms in total. The second-order valence-corrected chi connectivity index (χ2v) is 7.33. The summed E-state index contributed by atoms with van der Waals surface area (Å²) in [5, 5.41) is 2.91. The van der Waals surface area contributed by atoms with Crippen molar-refractivity contribution in [1.29, 1.82) is 0 Å². The molecule has 1 spiro atoms. The molecule has 0 radical (unpaired) electrons. The van der Waals surface area contributed by atoms with Crippen LogP contribution in [-0.2, 0) is 11.8 Å². The van der Waals surface area contributed by atoms with Crippen molar-refractivity contribution in [2.75, 3.05) is 0 Å². The van der Waals surface area contributed by atoms with Crippen LogP contribution in [0.5, 0.6) is 0 Å². The van der Waals surface area contributed by atoms with Crippen LogP contribution < -0.4 is 10.4 Å². The molecule has 0 heterocycles. The fourth-order valence-electron chi connectivity index (χ4n) is 5.13. The van der Waals surface area contributed by atoms with Crippen molar-refractivity contribution in [1.82, 2.24) is 0 Å². The highest BCUT2D eigenvalue weighted by atomic mass is 14.4. The van der Waals surface area contributed by atoms with Gasteiger partial charge in [-0.25, -0.2) is 0 Å². The molecular formula is C24H18. The number of hydrogen-bond acceptors (Lipinski definition) is 0. The third-order valence-corrected chi connectivity index (χ3v) is 6.21. The van der Waals surface area contributed by atoms with E-state index in [-0.39, 0.29) is 5.41 Å². The number of hydrogen-bond donors (Lipinski definition) is 0. The third kappa shape index (κ3) is 1.40. The molecule has 6 rings (SSSR count). The Morgan fingerprint density at radius 1 is 1.00 bits per heavy atom. The van der Waals surface area contributed by atoms with Crippen molar-refractivity contribution in [2.24, 2.45) is 5.92 Å². The van der Waals surface area contributed by atoms with Crippen LogP contribution in [0.1, 0.15) is 17.5 Å². The average molecular weight is 306 g/mol. The van der Waals surface area contributed by atoms with E-state index in [0.29, 0.717) is 5.92 Å². The summed E-state index contributed by atoms with van der Waals surface area (Å²) in [5.41, 5.74) is 7.41. The first-order valence-electron chi connectivity index (χ1n) is 8.88. The van der Waals surface area contributed by atoms with E-state index in [1.807, 2.05) is 0 Å². The number of benzene rings is 1. The summed E-state index contributed by atoms with van der Waals surface area (Å²) in [6.07, 6.45) is 27.7. The lowest BCUT2D eigenvalue weighted by Gasteiger charge is -2.41. The molecule has 0 amide bonds.